The standard InChI is InChI=1S/C3H6F3P.HI/c4-3(5,6)1-2-7;/h1-2,7H2;1H. The molecule has 0 nitrogen and oxygen atoms in total. The quantitative estimate of drug-likeness (QED) is 0.399. The molecule has 0 aliphatic carbocycles. The molecule has 0 bridgehead atoms. The van der Waals surface area contributed by atoms with Gasteiger partial charge in [0.05, 0.1) is 12.6 Å². The first kappa shape index (κ1) is 11.7. The lowest BCUT2D eigenvalue weighted by molar-refractivity contribution is -0.129. The van der Waals surface area contributed by atoms with E-state index in [2.05, 4.69) is 0 Å². The molecule has 5 heteroatoms. The Morgan fingerprint density at radius 3 is 1.62 bits per heavy atom. The average molecular weight is 258 g/mol. The maximum Gasteiger partial charge on any atom is 0.392 e. The lowest BCUT2D eigenvalue weighted by Gasteiger charge is -1.98. The number of hydrogen-bond acceptors (Lipinski definition) is 0. The second-order valence-electron chi connectivity index (χ2n) is 1.22. The van der Waals surface area contributed by atoms with Gasteiger partial charge in [-0.2, -0.15) is 13.2 Å². The van der Waals surface area contributed by atoms with E-state index in [1.807, 2.05) is 0 Å². The molecule has 0 saturated heterocycles. The van der Waals surface area contributed by atoms with Crippen molar-refractivity contribution >= 4 is 9.24 Å². The van der Waals surface area contributed by atoms with Crippen LogP contribution in [-0.4, -0.2) is 12.3 Å². The molecule has 0 aromatic rings. The Kier molecular flexibility index (Phi) is 7.02. The second-order valence-corrected chi connectivity index (χ2v) is 1.93. The van der Waals surface area contributed by atoms with Crippen molar-refractivity contribution in [1.29, 1.82) is 0 Å². The fourth-order valence-corrected chi connectivity index (χ4v) is 0.601. The van der Waals surface area contributed by atoms with Gasteiger partial charge in [-0.15, -0.1) is 0 Å². The third kappa shape index (κ3) is 10.0. The van der Waals surface area contributed by atoms with Crippen molar-refractivity contribution in [3.05, 3.63) is 0 Å². The molecule has 1 unspecified atom stereocenters. The van der Waals surface area contributed by atoms with E-state index in [-0.39, 0.29) is 30.1 Å². The third-order valence-electron chi connectivity index (χ3n) is 0.460. The minimum absolute atomic E-state index is 0. The Labute approximate surface area is 65.4 Å². The number of alkyl halides is 3. The first-order valence-corrected chi connectivity index (χ1v) is 2.92. The van der Waals surface area contributed by atoms with E-state index in [9.17, 15) is 13.2 Å². The molecule has 52 valence electrons. The van der Waals surface area contributed by atoms with Gasteiger partial charge in [-0.3, -0.25) is 0 Å². The summed E-state index contributed by atoms with van der Waals surface area (Å²) in [6.45, 7) is 0. The smallest absolute Gasteiger partial charge is 0.392 e. The van der Waals surface area contributed by atoms with Gasteiger partial charge in [0.25, 0.3) is 0 Å². The SMILES string of the molecule is FC(F)(F)CC[PH3+].[I-]. The summed E-state index contributed by atoms with van der Waals surface area (Å²) in [7, 11) is 1.34. The maximum atomic E-state index is 11.1. The molecule has 0 spiro atoms. The molecule has 1 atom stereocenters. The minimum atomic E-state index is -3.94. The Morgan fingerprint density at radius 1 is 1.25 bits per heavy atom. The van der Waals surface area contributed by atoms with Gasteiger partial charge in [0.1, 0.15) is 0 Å². The first-order valence-electron chi connectivity index (χ1n) is 1.92. The van der Waals surface area contributed by atoms with E-state index in [0.29, 0.717) is 0 Å². The predicted molar refractivity (Wildman–Crippen MR) is 26.6 cm³/mol. The van der Waals surface area contributed by atoms with Gasteiger partial charge in [0, 0.05) is 0 Å². The van der Waals surface area contributed by atoms with Crippen LogP contribution in [0.1, 0.15) is 6.42 Å². The van der Waals surface area contributed by atoms with Gasteiger partial charge in [-0.25, -0.2) is 0 Å². The predicted octanol–water partition coefficient (Wildman–Crippen LogP) is -1.45. The summed E-state index contributed by atoms with van der Waals surface area (Å²) < 4.78 is 33.2. The molecule has 0 fully saturated rings. The van der Waals surface area contributed by atoms with Crippen LogP contribution in [0.15, 0.2) is 0 Å². The molecule has 8 heavy (non-hydrogen) atoms. The van der Waals surface area contributed by atoms with E-state index in [4.69, 9.17) is 0 Å². The number of halogens is 4. The van der Waals surface area contributed by atoms with E-state index < -0.39 is 12.6 Å². The average Bonchev–Trinajstić information content (AvgIpc) is 1.30. The molecule has 0 radical (unpaired) electrons. The zero-order valence-electron chi connectivity index (χ0n) is 4.13. The molecular weight excluding hydrogens is 251 g/mol. The lowest BCUT2D eigenvalue weighted by Crippen LogP contribution is -3.00. The van der Waals surface area contributed by atoms with E-state index >= 15 is 0 Å². The third-order valence-corrected chi connectivity index (χ3v) is 0.814. The van der Waals surface area contributed by atoms with Gasteiger partial charge in [0.15, 0.2) is 0 Å². The maximum absolute atomic E-state index is 11.1. The second kappa shape index (κ2) is 4.79. The number of hydrogen-bond donors (Lipinski definition) is 0. The van der Waals surface area contributed by atoms with Crippen LogP contribution < -0.4 is 24.0 Å². The van der Waals surface area contributed by atoms with Gasteiger partial charge in [-0.05, 0) is 9.24 Å². The first-order chi connectivity index (χ1) is 3.06. The van der Waals surface area contributed by atoms with Crippen LogP contribution in [-0.2, 0) is 0 Å². The molecule has 0 aliphatic heterocycles. The van der Waals surface area contributed by atoms with Gasteiger partial charge in [0.2, 0.25) is 0 Å². The van der Waals surface area contributed by atoms with Crippen molar-refractivity contribution in [1.82, 2.24) is 0 Å². The zero-order valence-corrected chi connectivity index (χ0v) is 7.70. The van der Waals surface area contributed by atoms with Crippen molar-refractivity contribution < 1.29 is 37.1 Å². The van der Waals surface area contributed by atoms with Crippen LogP contribution in [0.3, 0.4) is 0 Å². The molecule has 0 heterocycles. The highest BCUT2D eigenvalue weighted by Crippen LogP contribution is 2.19. The van der Waals surface area contributed by atoms with Crippen molar-refractivity contribution in [2.24, 2.45) is 0 Å². The van der Waals surface area contributed by atoms with Crippen LogP contribution in [0.5, 0.6) is 0 Å². The summed E-state index contributed by atoms with van der Waals surface area (Å²) in [4.78, 5) is 0. The molecule has 0 aromatic carbocycles. The molecular formula is C3H7F3IP. The van der Waals surface area contributed by atoms with E-state index in [1.165, 1.54) is 9.24 Å². The van der Waals surface area contributed by atoms with Crippen LogP contribution >= 0.6 is 9.24 Å². The summed E-state index contributed by atoms with van der Waals surface area (Å²) >= 11 is 0. The summed E-state index contributed by atoms with van der Waals surface area (Å²) in [5, 5.41) is 0. The highest BCUT2D eigenvalue weighted by atomic mass is 127. The molecule has 0 rings (SSSR count). The largest absolute Gasteiger partial charge is 1.00 e. The number of rotatable bonds is 1. The monoisotopic (exact) mass is 258 g/mol. The van der Waals surface area contributed by atoms with E-state index in [1.54, 1.807) is 0 Å². The summed E-state index contributed by atoms with van der Waals surface area (Å²) in [5.74, 6) is 0. The van der Waals surface area contributed by atoms with Gasteiger partial charge in [-0.1, -0.05) is 0 Å². The van der Waals surface area contributed by atoms with Crippen molar-refractivity contribution in [3.63, 3.8) is 0 Å². The van der Waals surface area contributed by atoms with Crippen LogP contribution in [0.2, 0.25) is 0 Å². The van der Waals surface area contributed by atoms with Gasteiger partial charge >= 0.3 is 6.18 Å². The fourth-order valence-electron chi connectivity index (χ4n) is 0.200. The summed E-state index contributed by atoms with van der Waals surface area (Å²) in [6.07, 6.45) is -4.38. The fraction of sp³-hybridized carbons (Fsp3) is 1.00. The summed E-state index contributed by atoms with van der Waals surface area (Å²) in [6, 6.07) is 0. The lowest BCUT2D eigenvalue weighted by atomic mass is 10.5. The van der Waals surface area contributed by atoms with Crippen LogP contribution in [0.25, 0.3) is 0 Å². The Morgan fingerprint density at radius 2 is 1.62 bits per heavy atom. The molecule has 0 aliphatic rings. The topological polar surface area (TPSA) is 0 Å². The zero-order chi connectivity index (χ0) is 5.91. The Balaban J connectivity index is 0. The molecule has 0 aromatic heterocycles. The van der Waals surface area contributed by atoms with Crippen molar-refractivity contribution in [2.75, 3.05) is 6.16 Å². The minimum Gasteiger partial charge on any atom is -1.00 e. The van der Waals surface area contributed by atoms with E-state index in [0.717, 1.165) is 0 Å². The van der Waals surface area contributed by atoms with Crippen molar-refractivity contribution in [3.8, 4) is 0 Å². The molecule has 0 amide bonds. The summed E-state index contributed by atoms with van der Waals surface area (Å²) in [5.41, 5.74) is 0. The Hall–Kier alpha value is 0.950. The molecule has 0 N–H and O–H groups in total. The van der Waals surface area contributed by atoms with Crippen LogP contribution in [0.4, 0.5) is 13.2 Å². The molecule has 0 saturated carbocycles. The van der Waals surface area contributed by atoms with Crippen molar-refractivity contribution in [2.45, 2.75) is 12.6 Å². The normalized spacial score (nSPS) is 10.9. The van der Waals surface area contributed by atoms with Gasteiger partial charge < -0.3 is 24.0 Å². The van der Waals surface area contributed by atoms with Crippen LogP contribution in [0, 0.1) is 0 Å². The highest BCUT2D eigenvalue weighted by molar-refractivity contribution is 7.16. The Bertz CT molecular complexity index is 53.0. The highest BCUT2D eigenvalue weighted by Gasteiger charge is 2.26.